The highest BCUT2D eigenvalue weighted by molar-refractivity contribution is 5.81. The fourth-order valence-electron chi connectivity index (χ4n) is 2.73. The van der Waals surface area contributed by atoms with Gasteiger partial charge in [-0.1, -0.05) is 6.92 Å². The van der Waals surface area contributed by atoms with Crippen molar-refractivity contribution in [2.24, 2.45) is 0 Å². The van der Waals surface area contributed by atoms with Crippen molar-refractivity contribution < 1.29 is 27.4 Å². The molecule has 0 aromatic carbocycles. The van der Waals surface area contributed by atoms with Crippen LogP contribution in [0.4, 0.5) is 13.2 Å². The van der Waals surface area contributed by atoms with Crippen LogP contribution in [0.1, 0.15) is 46.5 Å². The average molecular weight is 311 g/mol. The van der Waals surface area contributed by atoms with Crippen molar-refractivity contribution in [3.63, 3.8) is 0 Å². The zero-order valence-electron chi connectivity index (χ0n) is 12.8. The van der Waals surface area contributed by atoms with E-state index in [9.17, 15) is 18.0 Å². The molecular weight excluding hydrogens is 287 g/mol. The number of esters is 1. The van der Waals surface area contributed by atoms with Gasteiger partial charge in [-0.15, -0.1) is 0 Å². The standard InChI is InChI=1S/C14H24F3NO3/c1-4-18-13(12(19)20-5-2)8-6-7-11(9-13)21-10(3)14(15,16)17/h10-11,18H,4-9H2,1-3H3. The first-order chi connectivity index (χ1) is 9.75. The lowest BCUT2D eigenvalue weighted by Gasteiger charge is -2.40. The van der Waals surface area contributed by atoms with Crippen molar-refractivity contribution >= 4 is 5.97 Å². The normalized spacial score (nSPS) is 28.2. The van der Waals surface area contributed by atoms with Gasteiger partial charge >= 0.3 is 12.1 Å². The van der Waals surface area contributed by atoms with Gasteiger partial charge in [-0.3, -0.25) is 4.79 Å². The number of hydrogen-bond acceptors (Lipinski definition) is 4. The van der Waals surface area contributed by atoms with Crippen LogP contribution >= 0.6 is 0 Å². The molecule has 1 saturated carbocycles. The van der Waals surface area contributed by atoms with Gasteiger partial charge in [0, 0.05) is 6.42 Å². The van der Waals surface area contributed by atoms with Gasteiger partial charge in [0.15, 0.2) is 6.10 Å². The van der Waals surface area contributed by atoms with Crippen LogP contribution in [0.3, 0.4) is 0 Å². The molecule has 21 heavy (non-hydrogen) atoms. The SMILES string of the molecule is CCNC1(C(=O)OCC)CCCC(OC(C)C(F)(F)F)C1. The first kappa shape index (κ1) is 18.2. The van der Waals surface area contributed by atoms with Gasteiger partial charge in [-0.2, -0.15) is 13.2 Å². The van der Waals surface area contributed by atoms with Crippen molar-refractivity contribution in [2.45, 2.75) is 70.4 Å². The number of alkyl halides is 3. The fourth-order valence-corrected chi connectivity index (χ4v) is 2.73. The van der Waals surface area contributed by atoms with E-state index in [1.807, 2.05) is 6.92 Å². The van der Waals surface area contributed by atoms with Crippen molar-refractivity contribution in [2.75, 3.05) is 13.2 Å². The molecule has 0 aliphatic heterocycles. The van der Waals surface area contributed by atoms with Crippen molar-refractivity contribution in [1.29, 1.82) is 0 Å². The van der Waals surface area contributed by atoms with E-state index in [2.05, 4.69) is 5.32 Å². The summed E-state index contributed by atoms with van der Waals surface area (Å²) in [6.45, 7) is 5.34. The second-order valence-electron chi connectivity index (χ2n) is 5.37. The van der Waals surface area contributed by atoms with E-state index in [4.69, 9.17) is 9.47 Å². The summed E-state index contributed by atoms with van der Waals surface area (Å²) >= 11 is 0. The van der Waals surface area contributed by atoms with Gasteiger partial charge in [0.1, 0.15) is 5.54 Å². The number of nitrogens with one attached hydrogen (secondary N) is 1. The third kappa shape index (κ3) is 4.85. The molecule has 1 aliphatic rings. The number of carbonyl (C=O) groups excluding carboxylic acids is 1. The third-order valence-electron chi connectivity index (χ3n) is 3.74. The zero-order valence-corrected chi connectivity index (χ0v) is 12.8. The minimum atomic E-state index is -4.39. The number of halogens is 3. The Hall–Kier alpha value is -0.820. The van der Waals surface area contributed by atoms with E-state index >= 15 is 0 Å². The first-order valence-corrected chi connectivity index (χ1v) is 7.39. The summed E-state index contributed by atoms with van der Waals surface area (Å²) < 4.78 is 48.0. The average Bonchev–Trinajstić information content (AvgIpc) is 2.38. The molecule has 0 radical (unpaired) electrons. The third-order valence-corrected chi connectivity index (χ3v) is 3.74. The Balaban J connectivity index is 2.76. The maximum Gasteiger partial charge on any atom is 0.414 e. The molecule has 7 heteroatoms. The molecule has 1 N–H and O–H groups in total. The van der Waals surface area contributed by atoms with Crippen molar-refractivity contribution in [3.8, 4) is 0 Å². The molecular formula is C14H24F3NO3. The summed E-state index contributed by atoms with van der Waals surface area (Å²) in [5.74, 6) is -0.403. The minimum Gasteiger partial charge on any atom is -0.465 e. The quantitative estimate of drug-likeness (QED) is 0.766. The smallest absolute Gasteiger partial charge is 0.414 e. The molecule has 1 fully saturated rings. The van der Waals surface area contributed by atoms with Gasteiger partial charge in [0.05, 0.1) is 12.7 Å². The summed E-state index contributed by atoms with van der Waals surface area (Å²) in [4.78, 5) is 12.2. The lowest BCUT2D eigenvalue weighted by molar-refractivity contribution is -0.231. The molecule has 1 aliphatic carbocycles. The molecule has 124 valence electrons. The summed E-state index contributed by atoms with van der Waals surface area (Å²) in [7, 11) is 0. The predicted octanol–water partition coefficient (Wildman–Crippen LogP) is 2.81. The lowest BCUT2D eigenvalue weighted by atomic mass is 9.80. The van der Waals surface area contributed by atoms with Gasteiger partial charge < -0.3 is 14.8 Å². The van der Waals surface area contributed by atoms with Gasteiger partial charge in [-0.05, 0) is 39.7 Å². The Morgan fingerprint density at radius 2 is 2.10 bits per heavy atom. The van der Waals surface area contributed by atoms with Gasteiger partial charge in [-0.25, -0.2) is 0 Å². The van der Waals surface area contributed by atoms with E-state index < -0.39 is 29.9 Å². The lowest BCUT2D eigenvalue weighted by Crippen LogP contribution is -2.57. The highest BCUT2D eigenvalue weighted by Gasteiger charge is 2.46. The second-order valence-corrected chi connectivity index (χ2v) is 5.37. The minimum absolute atomic E-state index is 0.208. The van der Waals surface area contributed by atoms with Crippen LogP contribution in [0.15, 0.2) is 0 Å². The number of rotatable bonds is 6. The largest absolute Gasteiger partial charge is 0.465 e. The number of ether oxygens (including phenoxy) is 2. The van der Waals surface area contributed by atoms with Crippen LogP contribution < -0.4 is 5.32 Å². The molecule has 1 rings (SSSR count). The van der Waals surface area contributed by atoms with E-state index in [0.717, 1.165) is 6.92 Å². The highest BCUT2D eigenvalue weighted by atomic mass is 19.4. The maximum absolute atomic E-state index is 12.6. The Morgan fingerprint density at radius 1 is 1.43 bits per heavy atom. The molecule has 0 aromatic heterocycles. The van der Waals surface area contributed by atoms with E-state index in [1.165, 1.54) is 0 Å². The number of likely N-dealkylation sites (N-methyl/N-ethyl adjacent to an activating group) is 1. The van der Waals surface area contributed by atoms with Crippen LogP contribution in [0, 0.1) is 0 Å². The summed E-state index contributed by atoms with van der Waals surface area (Å²) in [5, 5.41) is 3.09. The van der Waals surface area contributed by atoms with E-state index in [-0.39, 0.29) is 13.0 Å². The molecule has 0 amide bonds. The second kappa shape index (κ2) is 7.45. The summed E-state index contributed by atoms with van der Waals surface area (Å²) in [5.41, 5.74) is -0.932. The molecule has 4 nitrogen and oxygen atoms in total. The number of hydrogen-bond donors (Lipinski definition) is 1. The molecule has 3 unspecified atom stereocenters. The first-order valence-electron chi connectivity index (χ1n) is 7.39. The Morgan fingerprint density at radius 3 is 2.62 bits per heavy atom. The molecule has 0 heterocycles. The van der Waals surface area contributed by atoms with Crippen LogP contribution in [0.25, 0.3) is 0 Å². The molecule has 0 spiro atoms. The zero-order chi connectivity index (χ0) is 16.1. The highest BCUT2D eigenvalue weighted by Crippen LogP contribution is 2.34. The van der Waals surface area contributed by atoms with Gasteiger partial charge in [0.25, 0.3) is 0 Å². The molecule has 0 bridgehead atoms. The Labute approximate surface area is 123 Å². The molecule has 0 aromatic rings. The number of carbonyl (C=O) groups is 1. The summed E-state index contributed by atoms with van der Waals surface area (Å²) in [6.07, 6.45) is -4.91. The maximum atomic E-state index is 12.6. The molecule has 0 saturated heterocycles. The van der Waals surface area contributed by atoms with Crippen LogP contribution in [-0.4, -0.2) is 43.0 Å². The van der Waals surface area contributed by atoms with E-state index in [0.29, 0.717) is 25.8 Å². The van der Waals surface area contributed by atoms with Crippen LogP contribution in [0.2, 0.25) is 0 Å². The van der Waals surface area contributed by atoms with Gasteiger partial charge in [0.2, 0.25) is 0 Å². The van der Waals surface area contributed by atoms with Crippen LogP contribution in [-0.2, 0) is 14.3 Å². The van der Waals surface area contributed by atoms with Crippen molar-refractivity contribution in [3.05, 3.63) is 0 Å². The summed E-state index contributed by atoms with van der Waals surface area (Å²) in [6, 6.07) is 0. The van der Waals surface area contributed by atoms with Crippen LogP contribution in [0.5, 0.6) is 0 Å². The monoisotopic (exact) mass is 311 g/mol. The predicted molar refractivity (Wildman–Crippen MR) is 71.9 cm³/mol. The fraction of sp³-hybridized carbons (Fsp3) is 0.929. The Bertz CT molecular complexity index is 345. The van der Waals surface area contributed by atoms with Crippen molar-refractivity contribution in [1.82, 2.24) is 5.32 Å². The molecule has 3 atom stereocenters. The Kier molecular flexibility index (Phi) is 6.46. The topological polar surface area (TPSA) is 47.6 Å². The van der Waals surface area contributed by atoms with E-state index in [1.54, 1.807) is 6.92 Å².